The lowest BCUT2D eigenvalue weighted by Gasteiger charge is -2.07. The molecule has 0 spiro atoms. The van der Waals surface area contributed by atoms with Crippen LogP contribution >= 0.6 is 31.9 Å². The Bertz CT molecular complexity index is 460. The van der Waals surface area contributed by atoms with Gasteiger partial charge in [0.1, 0.15) is 0 Å². The molecule has 0 amide bonds. The second-order valence-corrected chi connectivity index (χ2v) is 5.63. The molecule has 0 N–H and O–H groups in total. The number of rotatable bonds is 6. The van der Waals surface area contributed by atoms with Crippen LogP contribution in [0, 0.1) is 0 Å². The van der Waals surface area contributed by atoms with E-state index in [1.54, 1.807) is 6.07 Å². The van der Waals surface area contributed by atoms with Gasteiger partial charge in [-0.1, -0.05) is 19.4 Å². The molecule has 1 aromatic rings. The van der Waals surface area contributed by atoms with Crippen molar-refractivity contribution in [3.63, 3.8) is 0 Å². The van der Waals surface area contributed by atoms with Crippen LogP contribution in [0.15, 0.2) is 27.1 Å². The molecule has 0 bridgehead atoms. The molecule has 1 rings (SSSR count). The number of benzene rings is 1. The van der Waals surface area contributed by atoms with E-state index in [0.29, 0.717) is 10.9 Å². The third-order valence-electron chi connectivity index (χ3n) is 2.49. The average molecular weight is 380 g/mol. The molecule has 0 saturated heterocycles. The zero-order valence-electron chi connectivity index (χ0n) is 9.88. The lowest BCUT2D eigenvalue weighted by molar-refractivity contribution is -0.122. The quantitative estimate of drug-likeness (QED) is 0.539. The van der Waals surface area contributed by atoms with Crippen molar-refractivity contribution in [3.8, 4) is 0 Å². The molecule has 0 aliphatic rings. The molecule has 1 aromatic carbocycles. The second kappa shape index (κ2) is 7.14. The van der Waals surface area contributed by atoms with Crippen molar-refractivity contribution in [2.24, 2.45) is 0 Å². The first-order valence-corrected chi connectivity index (χ1v) is 7.22. The fourth-order valence-electron chi connectivity index (χ4n) is 1.42. The highest BCUT2D eigenvalue weighted by Crippen LogP contribution is 2.24. The summed E-state index contributed by atoms with van der Waals surface area (Å²) in [4.78, 5) is 23.2. The summed E-state index contributed by atoms with van der Waals surface area (Å²) in [6, 6.07) is 4.64. The maximum atomic E-state index is 13.7. The van der Waals surface area contributed by atoms with Gasteiger partial charge in [0.05, 0.1) is 0 Å². The van der Waals surface area contributed by atoms with Crippen molar-refractivity contribution >= 4 is 43.4 Å². The number of alkyl halides is 1. The Morgan fingerprint density at radius 1 is 1.28 bits per heavy atom. The Morgan fingerprint density at radius 2 is 1.94 bits per heavy atom. The SMILES string of the molecule is CCCCC(=O)C(F)C(=O)c1ccc(Br)c(Br)c1. The molecule has 0 heterocycles. The van der Waals surface area contributed by atoms with Gasteiger partial charge in [-0.15, -0.1) is 0 Å². The van der Waals surface area contributed by atoms with E-state index in [1.807, 2.05) is 6.92 Å². The smallest absolute Gasteiger partial charge is 0.220 e. The fraction of sp³-hybridized carbons (Fsp3) is 0.385. The Hall–Kier alpha value is -0.550. The molecule has 1 unspecified atom stereocenters. The molecule has 0 fully saturated rings. The topological polar surface area (TPSA) is 34.1 Å². The van der Waals surface area contributed by atoms with E-state index in [-0.39, 0.29) is 12.0 Å². The third kappa shape index (κ3) is 3.99. The van der Waals surface area contributed by atoms with Crippen LogP contribution in [0.25, 0.3) is 0 Å². The maximum Gasteiger partial charge on any atom is 0.220 e. The molecule has 0 saturated carbocycles. The normalized spacial score (nSPS) is 12.2. The molecule has 0 aromatic heterocycles. The monoisotopic (exact) mass is 378 g/mol. The van der Waals surface area contributed by atoms with Crippen molar-refractivity contribution in [1.29, 1.82) is 0 Å². The van der Waals surface area contributed by atoms with Gasteiger partial charge < -0.3 is 0 Å². The number of carbonyl (C=O) groups is 2. The van der Waals surface area contributed by atoms with E-state index in [1.165, 1.54) is 12.1 Å². The summed E-state index contributed by atoms with van der Waals surface area (Å²) in [6.07, 6.45) is -0.529. The molecule has 2 nitrogen and oxygen atoms in total. The van der Waals surface area contributed by atoms with Crippen LogP contribution in [0.2, 0.25) is 0 Å². The average Bonchev–Trinajstić information content (AvgIpc) is 2.37. The van der Waals surface area contributed by atoms with Crippen molar-refractivity contribution in [2.45, 2.75) is 32.4 Å². The molecule has 98 valence electrons. The van der Waals surface area contributed by atoms with Crippen LogP contribution in [0.1, 0.15) is 36.5 Å². The number of carbonyl (C=O) groups excluding carboxylic acids is 2. The van der Waals surface area contributed by atoms with Crippen molar-refractivity contribution in [2.75, 3.05) is 0 Å². The van der Waals surface area contributed by atoms with E-state index < -0.39 is 17.7 Å². The standard InChI is InChI=1S/C13H13Br2FO2/c1-2-3-4-11(17)12(16)13(18)8-5-6-9(14)10(15)7-8/h5-7,12H,2-4H2,1H3. The maximum absolute atomic E-state index is 13.7. The largest absolute Gasteiger partial charge is 0.296 e. The summed E-state index contributed by atoms with van der Waals surface area (Å²) in [6.45, 7) is 1.91. The summed E-state index contributed by atoms with van der Waals surface area (Å²) in [5.41, 5.74) is 0.197. The first-order valence-electron chi connectivity index (χ1n) is 5.63. The van der Waals surface area contributed by atoms with Gasteiger partial charge in [0, 0.05) is 20.9 Å². The number of unbranched alkanes of at least 4 members (excludes halogenated alkanes) is 1. The highest BCUT2D eigenvalue weighted by Gasteiger charge is 2.26. The Morgan fingerprint density at radius 3 is 2.50 bits per heavy atom. The summed E-state index contributed by atoms with van der Waals surface area (Å²) in [7, 11) is 0. The van der Waals surface area contributed by atoms with Crippen LogP contribution in [-0.2, 0) is 4.79 Å². The Labute approximate surface area is 122 Å². The zero-order chi connectivity index (χ0) is 13.7. The van der Waals surface area contributed by atoms with Gasteiger partial charge in [-0.05, 0) is 50.4 Å². The fourth-order valence-corrected chi connectivity index (χ4v) is 2.05. The molecular weight excluding hydrogens is 367 g/mol. The van der Waals surface area contributed by atoms with Gasteiger partial charge in [-0.2, -0.15) is 0 Å². The third-order valence-corrected chi connectivity index (χ3v) is 4.37. The molecule has 1 atom stereocenters. The highest BCUT2D eigenvalue weighted by molar-refractivity contribution is 9.13. The number of hydrogen-bond donors (Lipinski definition) is 0. The predicted octanol–water partition coefficient (Wildman–Crippen LogP) is 4.49. The minimum Gasteiger partial charge on any atom is -0.296 e. The van der Waals surface area contributed by atoms with Gasteiger partial charge >= 0.3 is 0 Å². The summed E-state index contributed by atoms with van der Waals surface area (Å²) < 4.78 is 15.1. The van der Waals surface area contributed by atoms with Crippen LogP contribution < -0.4 is 0 Å². The van der Waals surface area contributed by atoms with Gasteiger partial charge in [0.15, 0.2) is 5.78 Å². The lowest BCUT2D eigenvalue weighted by Crippen LogP contribution is -2.25. The second-order valence-electron chi connectivity index (χ2n) is 3.93. The molecule has 5 heteroatoms. The first kappa shape index (κ1) is 15.5. The molecular formula is C13H13Br2FO2. The number of halogens is 3. The predicted molar refractivity (Wildman–Crippen MR) is 75.6 cm³/mol. The molecule has 0 aliphatic heterocycles. The summed E-state index contributed by atoms with van der Waals surface area (Å²) in [5.74, 6) is -1.41. The zero-order valence-corrected chi connectivity index (χ0v) is 13.1. The van der Waals surface area contributed by atoms with E-state index in [9.17, 15) is 14.0 Å². The number of ketones is 2. The van der Waals surface area contributed by atoms with Gasteiger partial charge in [0.2, 0.25) is 12.0 Å². The van der Waals surface area contributed by atoms with Crippen LogP contribution in [0.3, 0.4) is 0 Å². The van der Waals surface area contributed by atoms with Crippen molar-refractivity contribution < 1.29 is 14.0 Å². The van der Waals surface area contributed by atoms with Gasteiger partial charge in [-0.25, -0.2) is 4.39 Å². The summed E-state index contributed by atoms with van der Waals surface area (Å²) >= 11 is 6.50. The van der Waals surface area contributed by atoms with Crippen LogP contribution in [0.4, 0.5) is 4.39 Å². The van der Waals surface area contributed by atoms with E-state index >= 15 is 0 Å². The molecule has 0 aliphatic carbocycles. The van der Waals surface area contributed by atoms with E-state index in [4.69, 9.17) is 0 Å². The van der Waals surface area contributed by atoms with E-state index in [2.05, 4.69) is 31.9 Å². The first-order chi connectivity index (χ1) is 8.47. The van der Waals surface area contributed by atoms with Crippen LogP contribution in [0.5, 0.6) is 0 Å². The lowest BCUT2D eigenvalue weighted by atomic mass is 10.0. The van der Waals surface area contributed by atoms with Crippen LogP contribution in [-0.4, -0.2) is 17.7 Å². The van der Waals surface area contributed by atoms with Gasteiger partial charge in [0.25, 0.3) is 0 Å². The Kier molecular flexibility index (Phi) is 6.15. The highest BCUT2D eigenvalue weighted by atomic mass is 79.9. The molecule has 18 heavy (non-hydrogen) atoms. The summed E-state index contributed by atoms with van der Waals surface area (Å²) in [5, 5.41) is 0. The minimum absolute atomic E-state index is 0.112. The van der Waals surface area contributed by atoms with Crippen molar-refractivity contribution in [3.05, 3.63) is 32.7 Å². The number of hydrogen-bond acceptors (Lipinski definition) is 2. The minimum atomic E-state index is -2.05. The van der Waals surface area contributed by atoms with Crippen molar-refractivity contribution in [1.82, 2.24) is 0 Å². The van der Waals surface area contributed by atoms with E-state index in [0.717, 1.165) is 10.9 Å². The number of Topliss-reactive ketones (excluding diaryl/α,β-unsaturated/α-hetero) is 2. The van der Waals surface area contributed by atoms with Gasteiger partial charge in [-0.3, -0.25) is 9.59 Å². The molecule has 0 radical (unpaired) electrons. The Balaban J connectivity index is 2.79.